The highest BCUT2D eigenvalue weighted by Gasteiger charge is 2.29. The largest absolute Gasteiger partial charge is 0.366 e. The summed E-state index contributed by atoms with van der Waals surface area (Å²) in [7, 11) is 1.91. The van der Waals surface area contributed by atoms with E-state index in [4.69, 9.17) is 0 Å². The van der Waals surface area contributed by atoms with Crippen molar-refractivity contribution in [2.75, 3.05) is 44.7 Å². The quantitative estimate of drug-likeness (QED) is 0.658. The van der Waals surface area contributed by atoms with Crippen LogP contribution >= 0.6 is 0 Å². The van der Waals surface area contributed by atoms with Crippen molar-refractivity contribution in [1.29, 1.82) is 0 Å². The van der Waals surface area contributed by atoms with Crippen LogP contribution in [0.1, 0.15) is 29.6 Å². The zero-order chi connectivity index (χ0) is 17.1. The molecule has 130 valence electrons. The molecule has 0 bridgehead atoms. The Balaban J connectivity index is 1.80. The van der Waals surface area contributed by atoms with Crippen LogP contribution in [0.25, 0.3) is 0 Å². The first-order valence-electron chi connectivity index (χ1n) is 8.57. The molecule has 1 amide bonds. The number of carbonyl (C=O) groups excluding carboxylic acids is 1. The fourth-order valence-corrected chi connectivity index (χ4v) is 3.68. The molecule has 0 saturated carbocycles. The smallest absolute Gasteiger partial charge is 0.293 e. The van der Waals surface area contributed by atoms with Gasteiger partial charge < -0.3 is 15.1 Å². The lowest BCUT2D eigenvalue weighted by Gasteiger charge is -2.20. The summed E-state index contributed by atoms with van der Waals surface area (Å²) >= 11 is 0. The molecular formula is C17H24N4O3. The number of benzene rings is 1. The molecule has 2 saturated heterocycles. The molecule has 1 aromatic carbocycles. The first kappa shape index (κ1) is 16.7. The van der Waals surface area contributed by atoms with Gasteiger partial charge in [-0.25, -0.2) is 0 Å². The lowest BCUT2D eigenvalue weighted by Crippen LogP contribution is -2.30. The first-order chi connectivity index (χ1) is 11.6. The normalized spacial score (nSPS) is 20.6. The Morgan fingerprint density at radius 3 is 2.75 bits per heavy atom. The molecule has 7 heteroatoms. The van der Waals surface area contributed by atoms with Crippen LogP contribution in [0.5, 0.6) is 0 Å². The minimum atomic E-state index is -0.377. The number of nitrogens with zero attached hydrogens (tertiary/aromatic N) is 3. The van der Waals surface area contributed by atoms with E-state index < -0.39 is 0 Å². The van der Waals surface area contributed by atoms with E-state index in [1.54, 1.807) is 17.0 Å². The molecule has 0 radical (unpaired) electrons. The van der Waals surface area contributed by atoms with Crippen molar-refractivity contribution >= 4 is 17.3 Å². The third kappa shape index (κ3) is 3.36. The fourth-order valence-electron chi connectivity index (χ4n) is 3.68. The van der Waals surface area contributed by atoms with Gasteiger partial charge in [0.15, 0.2) is 0 Å². The Morgan fingerprint density at radius 2 is 2.08 bits per heavy atom. The fraction of sp³-hybridized carbons (Fsp3) is 0.588. The Morgan fingerprint density at radius 1 is 1.33 bits per heavy atom. The van der Waals surface area contributed by atoms with Crippen LogP contribution in [0.4, 0.5) is 11.4 Å². The van der Waals surface area contributed by atoms with E-state index in [9.17, 15) is 14.9 Å². The van der Waals surface area contributed by atoms with Crippen molar-refractivity contribution in [2.24, 2.45) is 5.92 Å². The van der Waals surface area contributed by atoms with Crippen molar-refractivity contribution in [2.45, 2.75) is 19.3 Å². The number of carbonyl (C=O) groups is 1. The number of amides is 1. The highest BCUT2D eigenvalue weighted by molar-refractivity contribution is 5.96. The van der Waals surface area contributed by atoms with Gasteiger partial charge in [-0.3, -0.25) is 14.9 Å². The Labute approximate surface area is 141 Å². The standard InChI is InChI=1S/C17H24N4O3/c1-18-11-13-6-9-20(12-13)17(22)14-4-5-15(16(10-14)21(23)24)19-7-2-3-8-19/h4-5,10,13,18H,2-3,6-9,11-12H2,1H3. The maximum absolute atomic E-state index is 12.7. The van der Waals surface area contributed by atoms with Gasteiger partial charge in [0.05, 0.1) is 4.92 Å². The lowest BCUT2D eigenvalue weighted by atomic mass is 10.1. The predicted octanol–water partition coefficient (Wildman–Crippen LogP) is 1.88. The number of hydrogen-bond donors (Lipinski definition) is 1. The van der Waals surface area contributed by atoms with Gasteiger partial charge in [0.2, 0.25) is 0 Å². The number of anilines is 1. The molecule has 1 atom stereocenters. The maximum Gasteiger partial charge on any atom is 0.293 e. The summed E-state index contributed by atoms with van der Waals surface area (Å²) in [6.45, 7) is 3.99. The van der Waals surface area contributed by atoms with Crippen LogP contribution in [0.15, 0.2) is 18.2 Å². The van der Waals surface area contributed by atoms with E-state index in [1.807, 2.05) is 11.9 Å². The topological polar surface area (TPSA) is 78.7 Å². The zero-order valence-corrected chi connectivity index (χ0v) is 14.0. The summed E-state index contributed by atoms with van der Waals surface area (Å²) < 4.78 is 0. The molecule has 0 spiro atoms. The zero-order valence-electron chi connectivity index (χ0n) is 14.0. The summed E-state index contributed by atoms with van der Waals surface area (Å²) in [4.78, 5) is 27.6. The molecule has 1 aromatic rings. The molecule has 2 aliphatic rings. The van der Waals surface area contributed by atoms with Gasteiger partial charge in [-0.2, -0.15) is 0 Å². The van der Waals surface area contributed by atoms with E-state index in [1.165, 1.54) is 6.07 Å². The first-order valence-corrected chi connectivity index (χ1v) is 8.57. The van der Waals surface area contributed by atoms with E-state index >= 15 is 0 Å². The molecule has 0 aliphatic carbocycles. The number of nitro groups is 1. The van der Waals surface area contributed by atoms with Gasteiger partial charge in [0, 0.05) is 37.8 Å². The van der Waals surface area contributed by atoms with Gasteiger partial charge in [-0.1, -0.05) is 0 Å². The van der Waals surface area contributed by atoms with Gasteiger partial charge in [0.1, 0.15) is 5.69 Å². The molecule has 2 aliphatic heterocycles. The summed E-state index contributed by atoms with van der Waals surface area (Å²) in [5.41, 5.74) is 1.08. The molecule has 7 nitrogen and oxygen atoms in total. The number of nitro benzene ring substituents is 1. The van der Waals surface area contributed by atoms with Crippen LogP contribution < -0.4 is 10.2 Å². The molecule has 3 rings (SSSR count). The number of nitrogens with one attached hydrogen (secondary N) is 1. The Kier molecular flexibility index (Phi) is 4.99. The molecule has 1 unspecified atom stereocenters. The maximum atomic E-state index is 12.7. The molecule has 2 fully saturated rings. The molecule has 24 heavy (non-hydrogen) atoms. The van der Waals surface area contributed by atoms with Crippen molar-refractivity contribution in [3.8, 4) is 0 Å². The Hall–Kier alpha value is -2.15. The van der Waals surface area contributed by atoms with E-state index in [0.717, 1.165) is 38.9 Å². The minimum Gasteiger partial charge on any atom is -0.366 e. The van der Waals surface area contributed by atoms with Gasteiger partial charge in [-0.15, -0.1) is 0 Å². The Bertz CT molecular complexity index is 628. The highest BCUT2D eigenvalue weighted by atomic mass is 16.6. The second kappa shape index (κ2) is 7.17. The monoisotopic (exact) mass is 332 g/mol. The van der Waals surface area contributed by atoms with Crippen molar-refractivity contribution < 1.29 is 9.72 Å². The van der Waals surface area contributed by atoms with E-state index in [0.29, 0.717) is 30.3 Å². The third-order valence-electron chi connectivity index (χ3n) is 4.93. The van der Waals surface area contributed by atoms with Crippen molar-refractivity contribution in [3.63, 3.8) is 0 Å². The van der Waals surface area contributed by atoms with Crippen LogP contribution in [0, 0.1) is 16.0 Å². The highest BCUT2D eigenvalue weighted by Crippen LogP contribution is 2.32. The van der Waals surface area contributed by atoms with E-state index in [-0.39, 0.29) is 16.5 Å². The van der Waals surface area contributed by atoms with Gasteiger partial charge in [0.25, 0.3) is 11.6 Å². The van der Waals surface area contributed by atoms with Crippen molar-refractivity contribution in [1.82, 2.24) is 10.2 Å². The van der Waals surface area contributed by atoms with Crippen LogP contribution in [0.2, 0.25) is 0 Å². The van der Waals surface area contributed by atoms with Gasteiger partial charge in [-0.05, 0) is 50.9 Å². The second-order valence-electron chi connectivity index (χ2n) is 6.62. The number of likely N-dealkylation sites (tertiary alicyclic amines) is 1. The summed E-state index contributed by atoms with van der Waals surface area (Å²) in [6.07, 6.45) is 3.08. The summed E-state index contributed by atoms with van der Waals surface area (Å²) in [5, 5.41) is 14.6. The van der Waals surface area contributed by atoms with Crippen LogP contribution in [0.3, 0.4) is 0 Å². The third-order valence-corrected chi connectivity index (χ3v) is 4.93. The number of rotatable bonds is 5. The van der Waals surface area contributed by atoms with Crippen molar-refractivity contribution in [3.05, 3.63) is 33.9 Å². The molecule has 1 N–H and O–H groups in total. The summed E-state index contributed by atoms with van der Waals surface area (Å²) in [6, 6.07) is 4.91. The average Bonchev–Trinajstić information content (AvgIpc) is 3.25. The summed E-state index contributed by atoms with van der Waals surface area (Å²) in [5.74, 6) is 0.350. The SMILES string of the molecule is CNCC1CCN(C(=O)c2ccc(N3CCCC3)c([N+](=O)[O-])c2)C1. The minimum absolute atomic E-state index is 0.0359. The molecule has 2 heterocycles. The van der Waals surface area contributed by atoms with Crippen LogP contribution in [-0.2, 0) is 0 Å². The molecular weight excluding hydrogens is 308 g/mol. The van der Waals surface area contributed by atoms with Crippen LogP contribution in [-0.4, -0.2) is 55.5 Å². The average molecular weight is 332 g/mol. The predicted molar refractivity (Wildman–Crippen MR) is 92.5 cm³/mol. The molecule has 0 aromatic heterocycles. The number of hydrogen-bond acceptors (Lipinski definition) is 5. The lowest BCUT2D eigenvalue weighted by molar-refractivity contribution is -0.384. The van der Waals surface area contributed by atoms with Gasteiger partial charge >= 0.3 is 0 Å². The van der Waals surface area contributed by atoms with E-state index in [2.05, 4.69) is 5.32 Å². The second-order valence-corrected chi connectivity index (χ2v) is 6.62.